The fourth-order valence-corrected chi connectivity index (χ4v) is 5.53. The van der Waals surface area contributed by atoms with Crippen LogP contribution in [0.1, 0.15) is 11.8 Å². The number of benzene rings is 6. The van der Waals surface area contributed by atoms with Gasteiger partial charge in [-0.1, -0.05) is 133 Å². The number of hydrogen-bond acceptors (Lipinski definition) is 5. The highest BCUT2D eigenvalue weighted by Gasteiger charge is 2.25. The van der Waals surface area contributed by atoms with Crippen molar-refractivity contribution >= 4 is 16.5 Å². The molecular formula is C38H26N4O. The molecule has 0 amide bonds. The van der Waals surface area contributed by atoms with E-state index in [1.165, 1.54) is 0 Å². The topological polar surface area (TPSA) is 59.9 Å². The highest BCUT2D eigenvalue weighted by atomic mass is 16.5. The largest absolute Gasteiger partial charge is 0.464 e. The van der Waals surface area contributed by atoms with Gasteiger partial charge >= 0.3 is 0 Å². The lowest BCUT2D eigenvalue weighted by Crippen LogP contribution is -2.09. The van der Waals surface area contributed by atoms with Gasteiger partial charge in [-0.2, -0.15) is 0 Å². The molecule has 5 nitrogen and oxygen atoms in total. The zero-order valence-electron chi connectivity index (χ0n) is 23.2. The van der Waals surface area contributed by atoms with Gasteiger partial charge in [-0.3, -0.25) is 0 Å². The quantitative estimate of drug-likeness (QED) is 0.230. The van der Waals surface area contributed by atoms with Crippen LogP contribution in [0, 0.1) is 0 Å². The van der Waals surface area contributed by atoms with E-state index < -0.39 is 0 Å². The second-order valence-corrected chi connectivity index (χ2v) is 10.5. The van der Waals surface area contributed by atoms with E-state index in [0.717, 1.165) is 55.6 Å². The maximum Gasteiger partial charge on any atom is 0.196 e. The number of aromatic nitrogens is 3. The third-order valence-electron chi connectivity index (χ3n) is 7.77. The number of nitrogens with one attached hydrogen (secondary N) is 1. The Hall–Kier alpha value is -5.81. The molecule has 43 heavy (non-hydrogen) atoms. The van der Waals surface area contributed by atoms with Gasteiger partial charge in [0, 0.05) is 27.6 Å². The van der Waals surface area contributed by atoms with Crippen LogP contribution < -0.4 is 10.1 Å². The lowest BCUT2D eigenvalue weighted by molar-refractivity contribution is 0.262. The molecule has 1 aliphatic rings. The summed E-state index contributed by atoms with van der Waals surface area (Å²) in [6.45, 7) is 0. The monoisotopic (exact) mass is 554 g/mol. The predicted octanol–water partition coefficient (Wildman–Crippen LogP) is 9.20. The van der Waals surface area contributed by atoms with Gasteiger partial charge in [0.25, 0.3) is 0 Å². The minimum Gasteiger partial charge on any atom is -0.464 e. The van der Waals surface area contributed by atoms with Crippen LogP contribution in [0.25, 0.3) is 56.1 Å². The Morgan fingerprint density at radius 3 is 1.56 bits per heavy atom. The summed E-state index contributed by atoms with van der Waals surface area (Å²) in [4.78, 5) is 14.5. The first-order valence-electron chi connectivity index (χ1n) is 14.3. The maximum absolute atomic E-state index is 6.44. The van der Waals surface area contributed by atoms with Gasteiger partial charge in [0.15, 0.2) is 29.5 Å². The third kappa shape index (κ3) is 4.77. The molecule has 0 saturated heterocycles. The smallest absolute Gasteiger partial charge is 0.196 e. The summed E-state index contributed by atoms with van der Waals surface area (Å²) in [6, 6.07) is 49.5. The SMILES string of the molecule is c1ccc(-c2nc(-c3ccccc3)nc(-c3ccc(-c4ccc5ccc6c(c5c4)OC(c4ccccc4)N6)cc3)n2)cc1. The molecule has 7 aromatic rings. The number of rotatable bonds is 5. The predicted molar refractivity (Wildman–Crippen MR) is 173 cm³/mol. The molecule has 1 N–H and O–H groups in total. The van der Waals surface area contributed by atoms with Crippen LogP contribution in [0.5, 0.6) is 5.75 Å². The van der Waals surface area contributed by atoms with Gasteiger partial charge in [0.05, 0.1) is 5.69 Å². The molecule has 2 heterocycles. The van der Waals surface area contributed by atoms with Gasteiger partial charge in [-0.15, -0.1) is 0 Å². The fraction of sp³-hybridized carbons (Fsp3) is 0.0263. The van der Waals surface area contributed by atoms with E-state index in [9.17, 15) is 0 Å². The third-order valence-corrected chi connectivity index (χ3v) is 7.77. The molecule has 1 atom stereocenters. The Bertz CT molecular complexity index is 2000. The average molecular weight is 555 g/mol. The fourth-order valence-electron chi connectivity index (χ4n) is 5.53. The Kier molecular flexibility index (Phi) is 6.12. The Balaban J connectivity index is 1.15. The van der Waals surface area contributed by atoms with Crippen LogP contribution in [0.4, 0.5) is 5.69 Å². The molecule has 0 aliphatic carbocycles. The maximum atomic E-state index is 6.44. The zero-order valence-corrected chi connectivity index (χ0v) is 23.2. The summed E-state index contributed by atoms with van der Waals surface area (Å²) in [5.41, 5.74) is 7.17. The summed E-state index contributed by atoms with van der Waals surface area (Å²) >= 11 is 0. The minimum atomic E-state index is -0.202. The van der Waals surface area contributed by atoms with Crippen LogP contribution in [0.2, 0.25) is 0 Å². The van der Waals surface area contributed by atoms with Crippen LogP contribution >= 0.6 is 0 Å². The zero-order chi connectivity index (χ0) is 28.6. The number of nitrogens with zero attached hydrogens (tertiary/aromatic N) is 3. The van der Waals surface area contributed by atoms with E-state index in [1.807, 2.05) is 78.9 Å². The molecule has 0 saturated carbocycles. The highest BCUT2D eigenvalue weighted by Crippen LogP contribution is 2.44. The molecule has 8 rings (SSSR count). The van der Waals surface area contributed by atoms with E-state index in [2.05, 4.69) is 72.0 Å². The minimum absolute atomic E-state index is 0.202. The molecular weight excluding hydrogens is 528 g/mol. The van der Waals surface area contributed by atoms with E-state index in [-0.39, 0.29) is 6.23 Å². The molecule has 0 spiro atoms. The molecule has 1 aliphatic heterocycles. The number of ether oxygens (including phenoxy) is 1. The first-order chi connectivity index (χ1) is 21.3. The number of hydrogen-bond donors (Lipinski definition) is 1. The second-order valence-electron chi connectivity index (χ2n) is 10.5. The van der Waals surface area contributed by atoms with E-state index in [1.54, 1.807) is 0 Å². The highest BCUT2D eigenvalue weighted by molar-refractivity contribution is 5.97. The van der Waals surface area contributed by atoms with Crippen molar-refractivity contribution < 1.29 is 4.74 Å². The van der Waals surface area contributed by atoms with Gasteiger partial charge in [0.1, 0.15) is 0 Å². The molecule has 5 heteroatoms. The van der Waals surface area contributed by atoms with Crippen molar-refractivity contribution in [1.29, 1.82) is 0 Å². The lowest BCUT2D eigenvalue weighted by Gasteiger charge is -2.12. The number of anilines is 1. The Morgan fingerprint density at radius 2 is 0.953 bits per heavy atom. The van der Waals surface area contributed by atoms with Crippen molar-refractivity contribution in [3.63, 3.8) is 0 Å². The van der Waals surface area contributed by atoms with Gasteiger partial charge < -0.3 is 10.1 Å². The molecule has 1 unspecified atom stereocenters. The Morgan fingerprint density at radius 1 is 0.465 bits per heavy atom. The molecule has 0 fully saturated rings. The van der Waals surface area contributed by atoms with Crippen molar-refractivity contribution in [2.24, 2.45) is 0 Å². The molecule has 0 bridgehead atoms. The van der Waals surface area contributed by atoms with Crippen molar-refractivity contribution in [1.82, 2.24) is 15.0 Å². The van der Waals surface area contributed by atoms with Crippen molar-refractivity contribution in [2.45, 2.75) is 6.23 Å². The molecule has 6 aromatic carbocycles. The van der Waals surface area contributed by atoms with Crippen LogP contribution in [-0.4, -0.2) is 15.0 Å². The Labute approximate surface area is 249 Å². The summed E-state index contributed by atoms with van der Waals surface area (Å²) in [7, 11) is 0. The van der Waals surface area contributed by atoms with Crippen LogP contribution in [-0.2, 0) is 0 Å². The van der Waals surface area contributed by atoms with Crippen molar-refractivity contribution in [3.8, 4) is 51.0 Å². The second kappa shape index (κ2) is 10.5. The molecule has 0 radical (unpaired) electrons. The first-order valence-corrected chi connectivity index (χ1v) is 14.3. The first kappa shape index (κ1) is 24.9. The van der Waals surface area contributed by atoms with Gasteiger partial charge in [-0.25, -0.2) is 15.0 Å². The van der Waals surface area contributed by atoms with Crippen molar-refractivity contribution in [3.05, 3.63) is 151 Å². The van der Waals surface area contributed by atoms with Crippen LogP contribution in [0.15, 0.2) is 146 Å². The normalized spacial score (nSPS) is 13.7. The van der Waals surface area contributed by atoms with E-state index in [4.69, 9.17) is 19.7 Å². The number of fused-ring (bicyclic) bond motifs is 3. The lowest BCUT2D eigenvalue weighted by atomic mass is 9.99. The standard InChI is InChI=1S/C38H26N4O/c1-4-10-27(11-5-1)35-40-36(28-12-6-2-7-13-28)42-37(41-35)29-19-16-25(17-20-29)31-21-18-26-22-23-33-34(32(26)24-31)43-38(39-33)30-14-8-3-9-15-30/h1-24,38-39H. The summed E-state index contributed by atoms with van der Waals surface area (Å²) in [6.07, 6.45) is -0.202. The van der Waals surface area contributed by atoms with Crippen molar-refractivity contribution in [2.75, 3.05) is 5.32 Å². The van der Waals surface area contributed by atoms with Gasteiger partial charge in [-0.05, 0) is 28.6 Å². The van der Waals surface area contributed by atoms with E-state index >= 15 is 0 Å². The average Bonchev–Trinajstić information content (AvgIpc) is 3.54. The van der Waals surface area contributed by atoms with Gasteiger partial charge in [0.2, 0.25) is 0 Å². The van der Waals surface area contributed by atoms with E-state index in [0.29, 0.717) is 17.5 Å². The molecule has 204 valence electrons. The summed E-state index contributed by atoms with van der Waals surface area (Å²) < 4.78 is 6.44. The molecule has 1 aromatic heterocycles. The van der Waals surface area contributed by atoms with Crippen LogP contribution in [0.3, 0.4) is 0 Å². The summed E-state index contributed by atoms with van der Waals surface area (Å²) in [5, 5.41) is 5.75. The summed E-state index contributed by atoms with van der Waals surface area (Å²) in [5.74, 6) is 2.83.